The van der Waals surface area contributed by atoms with E-state index in [-0.39, 0.29) is 11.8 Å². The molecule has 5 heteroatoms. The summed E-state index contributed by atoms with van der Waals surface area (Å²) < 4.78 is 0. The number of amides is 2. The first-order valence-electron chi connectivity index (χ1n) is 9.83. The topological polar surface area (TPSA) is 75.4 Å². The van der Waals surface area contributed by atoms with E-state index in [1.807, 2.05) is 37.3 Å². The van der Waals surface area contributed by atoms with Crippen molar-refractivity contribution in [2.75, 3.05) is 13.1 Å². The van der Waals surface area contributed by atoms with Gasteiger partial charge in [-0.2, -0.15) is 0 Å². The molecule has 0 radical (unpaired) electrons. The molecular weight excluding hydrogens is 338 g/mol. The van der Waals surface area contributed by atoms with E-state index in [0.717, 1.165) is 18.4 Å². The molecule has 0 bridgehead atoms. The molecule has 1 saturated heterocycles. The quantitative estimate of drug-likeness (QED) is 0.840. The summed E-state index contributed by atoms with van der Waals surface area (Å²) in [6.45, 7) is 2.95. The Labute approximate surface area is 161 Å². The van der Waals surface area contributed by atoms with Gasteiger partial charge in [0.05, 0.1) is 6.04 Å². The van der Waals surface area contributed by atoms with Crippen LogP contribution in [0.5, 0.6) is 0 Å². The van der Waals surface area contributed by atoms with Crippen molar-refractivity contribution in [1.82, 2.24) is 10.2 Å². The average Bonchev–Trinajstić information content (AvgIpc) is 2.84. The Morgan fingerprint density at radius 3 is 2.74 bits per heavy atom. The maximum Gasteiger partial charge on any atom is 0.247 e. The third-order valence-corrected chi connectivity index (χ3v) is 5.54. The third kappa shape index (κ3) is 4.48. The van der Waals surface area contributed by atoms with Gasteiger partial charge in [0.15, 0.2) is 0 Å². The Balaban J connectivity index is 1.85. The van der Waals surface area contributed by atoms with Gasteiger partial charge in [0.1, 0.15) is 6.04 Å². The second-order valence-corrected chi connectivity index (χ2v) is 7.34. The number of hydrogen-bond donors (Lipinski definition) is 2. The number of likely N-dealkylation sites (N-methyl/N-ethyl adjacent to an activating group) is 1. The summed E-state index contributed by atoms with van der Waals surface area (Å²) in [7, 11) is 0. The van der Waals surface area contributed by atoms with Crippen molar-refractivity contribution in [2.45, 2.75) is 38.3 Å². The van der Waals surface area contributed by atoms with Crippen LogP contribution in [0.2, 0.25) is 0 Å². The average molecular weight is 367 g/mol. The van der Waals surface area contributed by atoms with Crippen LogP contribution < -0.4 is 11.1 Å². The van der Waals surface area contributed by atoms with Crippen LogP contribution in [0, 0.1) is 11.8 Å². The van der Waals surface area contributed by atoms with Crippen LogP contribution in [0.4, 0.5) is 0 Å². The number of hydrogen-bond acceptors (Lipinski definition) is 3. The van der Waals surface area contributed by atoms with Crippen molar-refractivity contribution in [3.05, 3.63) is 60.2 Å². The monoisotopic (exact) mass is 367 g/mol. The van der Waals surface area contributed by atoms with E-state index in [2.05, 4.69) is 29.6 Å². The molecule has 2 aliphatic rings. The highest BCUT2D eigenvalue weighted by molar-refractivity contribution is 5.90. The fraction of sp³-hybridized carbons (Fsp3) is 0.455. The van der Waals surface area contributed by atoms with E-state index in [1.165, 1.54) is 0 Å². The molecule has 4 atom stereocenters. The lowest BCUT2D eigenvalue weighted by Crippen LogP contribution is -2.48. The second kappa shape index (κ2) is 9.00. The number of allylic oxidation sites excluding steroid dienone is 4. The maximum absolute atomic E-state index is 13.1. The number of carbonyl (C=O) groups is 2. The van der Waals surface area contributed by atoms with Gasteiger partial charge in [-0.15, -0.1) is 0 Å². The first kappa shape index (κ1) is 19.4. The summed E-state index contributed by atoms with van der Waals surface area (Å²) in [5, 5.41) is 2.88. The molecule has 2 unspecified atom stereocenters. The standard InChI is InChI=1S/C22H29N3O2/c1-2-24-21(26)20(17-11-7-4-8-12-17)25-14-13-18(15-19(23)22(25)27)16-9-5-3-6-10-16/h3-9,11-12,16,18-20H,2,10,13-15,23H2,1H3,(H,24,26)/t16-,18?,19-,20?/m0/s1. The van der Waals surface area contributed by atoms with E-state index in [9.17, 15) is 9.59 Å². The SMILES string of the molecule is CCNC(=O)C(c1ccccc1)N1CCC([C@H]2C=CC=CC2)C[C@H](N)C1=O. The van der Waals surface area contributed by atoms with Crippen molar-refractivity contribution in [1.29, 1.82) is 0 Å². The number of nitrogens with zero attached hydrogens (tertiary/aromatic N) is 1. The Morgan fingerprint density at radius 1 is 1.30 bits per heavy atom. The highest BCUT2D eigenvalue weighted by atomic mass is 16.2. The molecule has 0 saturated carbocycles. The molecule has 3 rings (SSSR count). The summed E-state index contributed by atoms with van der Waals surface area (Å²) in [6, 6.07) is 8.29. The van der Waals surface area contributed by atoms with Gasteiger partial charge >= 0.3 is 0 Å². The van der Waals surface area contributed by atoms with Gasteiger partial charge in [0.2, 0.25) is 11.8 Å². The van der Waals surface area contributed by atoms with Crippen LogP contribution in [-0.2, 0) is 9.59 Å². The van der Waals surface area contributed by atoms with E-state index in [0.29, 0.717) is 31.3 Å². The van der Waals surface area contributed by atoms with Crippen LogP contribution >= 0.6 is 0 Å². The zero-order chi connectivity index (χ0) is 19.2. The fourth-order valence-corrected chi connectivity index (χ4v) is 4.15. The van der Waals surface area contributed by atoms with Crippen molar-refractivity contribution in [2.24, 2.45) is 17.6 Å². The van der Waals surface area contributed by atoms with Gasteiger partial charge in [-0.05, 0) is 43.6 Å². The van der Waals surface area contributed by atoms with Crippen LogP contribution in [0.15, 0.2) is 54.6 Å². The molecule has 1 aromatic carbocycles. The van der Waals surface area contributed by atoms with E-state index in [4.69, 9.17) is 5.73 Å². The number of likely N-dealkylation sites (tertiary alicyclic amines) is 1. The number of nitrogens with two attached hydrogens (primary N) is 1. The minimum absolute atomic E-state index is 0.132. The smallest absolute Gasteiger partial charge is 0.247 e. The fourth-order valence-electron chi connectivity index (χ4n) is 4.15. The summed E-state index contributed by atoms with van der Waals surface area (Å²) in [4.78, 5) is 27.6. The zero-order valence-corrected chi connectivity index (χ0v) is 15.9. The van der Waals surface area contributed by atoms with Gasteiger partial charge < -0.3 is 16.0 Å². The van der Waals surface area contributed by atoms with E-state index in [1.54, 1.807) is 4.90 Å². The predicted molar refractivity (Wildman–Crippen MR) is 107 cm³/mol. The Bertz CT molecular complexity index is 714. The second-order valence-electron chi connectivity index (χ2n) is 7.34. The van der Waals surface area contributed by atoms with Crippen LogP contribution in [-0.4, -0.2) is 35.8 Å². The molecule has 3 N–H and O–H groups in total. The lowest BCUT2D eigenvalue weighted by molar-refractivity contribution is -0.141. The maximum atomic E-state index is 13.1. The molecule has 27 heavy (non-hydrogen) atoms. The van der Waals surface area contributed by atoms with E-state index >= 15 is 0 Å². The van der Waals surface area contributed by atoms with Gasteiger partial charge in [0, 0.05) is 13.1 Å². The highest BCUT2D eigenvalue weighted by Crippen LogP contribution is 2.33. The molecule has 1 heterocycles. The highest BCUT2D eigenvalue weighted by Gasteiger charge is 2.38. The molecule has 1 aliphatic carbocycles. The Kier molecular flexibility index (Phi) is 6.45. The summed E-state index contributed by atoms with van der Waals surface area (Å²) >= 11 is 0. The lowest BCUT2D eigenvalue weighted by atomic mass is 9.81. The molecule has 2 amide bonds. The largest absolute Gasteiger partial charge is 0.354 e. The summed E-state index contributed by atoms with van der Waals surface area (Å²) in [6.07, 6.45) is 11.0. The third-order valence-electron chi connectivity index (χ3n) is 5.54. The number of carbonyl (C=O) groups excluding carboxylic acids is 2. The molecule has 5 nitrogen and oxygen atoms in total. The molecule has 0 spiro atoms. The minimum Gasteiger partial charge on any atom is -0.354 e. The molecule has 144 valence electrons. The van der Waals surface area contributed by atoms with Crippen molar-refractivity contribution in [3.8, 4) is 0 Å². The normalized spacial score (nSPS) is 26.5. The summed E-state index contributed by atoms with van der Waals surface area (Å²) in [5.41, 5.74) is 7.11. The van der Waals surface area contributed by atoms with Crippen molar-refractivity contribution < 1.29 is 9.59 Å². The molecule has 1 aliphatic heterocycles. The summed E-state index contributed by atoms with van der Waals surface area (Å²) in [5.74, 6) is 0.477. The van der Waals surface area contributed by atoms with E-state index < -0.39 is 12.1 Å². The van der Waals surface area contributed by atoms with Crippen LogP contribution in [0.1, 0.15) is 37.8 Å². The van der Waals surface area contributed by atoms with Gasteiger partial charge in [-0.1, -0.05) is 54.6 Å². The molecule has 0 aromatic heterocycles. The Morgan fingerprint density at radius 2 is 2.07 bits per heavy atom. The Hall–Kier alpha value is -2.40. The van der Waals surface area contributed by atoms with Crippen molar-refractivity contribution >= 4 is 11.8 Å². The first-order chi connectivity index (χ1) is 13.1. The molecule has 1 aromatic rings. The molecule has 1 fully saturated rings. The van der Waals surface area contributed by atoms with Gasteiger partial charge in [0.25, 0.3) is 0 Å². The number of rotatable bonds is 5. The number of nitrogens with one attached hydrogen (secondary N) is 1. The van der Waals surface area contributed by atoms with Crippen molar-refractivity contribution in [3.63, 3.8) is 0 Å². The van der Waals surface area contributed by atoms with Crippen LogP contribution in [0.25, 0.3) is 0 Å². The minimum atomic E-state index is -0.634. The van der Waals surface area contributed by atoms with Gasteiger partial charge in [-0.25, -0.2) is 0 Å². The lowest BCUT2D eigenvalue weighted by Gasteiger charge is -2.31. The predicted octanol–water partition coefficient (Wildman–Crippen LogP) is 2.56. The zero-order valence-electron chi connectivity index (χ0n) is 15.9. The van der Waals surface area contributed by atoms with Gasteiger partial charge in [-0.3, -0.25) is 9.59 Å². The van der Waals surface area contributed by atoms with Crippen LogP contribution in [0.3, 0.4) is 0 Å². The molecular formula is C22H29N3O2. The number of benzene rings is 1. The first-order valence-corrected chi connectivity index (χ1v) is 9.83.